The van der Waals surface area contributed by atoms with Gasteiger partial charge in [-0.2, -0.15) is 0 Å². The van der Waals surface area contributed by atoms with Crippen molar-refractivity contribution < 1.29 is 0 Å². The predicted molar refractivity (Wildman–Crippen MR) is 96.4 cm³/mol. The van der Waals surface area contributed by atoms with Crippen molar-refractivity contribution in [2.45, 2.75) is 6.54 Å². The molecule has 0 radical (unpaired) electrons. The predicted octanol–water partition coefficient (Wildman–Crippen LogP) is 5.21. The first-order valence-corrected chi connectivity index (χ1v) is 7.70. The maximum absolute atomic E-state index is 2.34. The van der Waals surface area contributed by atoms with Crippen LogP contribution >= 0.6 is 0 Å². The average Bonchev–Trinajstić information content (AvgIpc) is 2.52. The second-order valence-corrected chi connectivity index (χ2v) is 6.24. The molecule has 1 nitrogen and oxygen atoms in total. The van der Waals surface area contributed by atoms with Gasteiger partial charge in [0.1, 0.15) is 0 Å². The van der Waals surface area contributed by atoms with Crippen LogP contribution < -0.4 is 0 Å². The molecule has 4 aromatic rings. The van der Waals surface area contributed by atoms with Crippen LogP contribution in [0.25, 0.3) is 32.3 Å². The van der Waals surface area contributed by atoms with Crippen molar-refractivity contribution in [1.82, 2.24) is 4.90 Å². The number of fused-ring (bicyclic) bond motifs is 4. The minimum Gasteiger partial charge on any atom is -0.305 e. The summed E-state index contributed by atoms with van der Waals surface area (Å²) >= 11 is 0. The lowest BCUT2D eigenvalue weighted by atomic mass is 9.95. The van der Waals surface area contributed by atoms with Crippen LogP contribution in [0.3, 0.4) is 0 Å². The van der Waals surface area contributed by atoms with Gasteiger partial charge in [-0.25, -0.2) is 0 Å². The molecule has 0 aliphatic carbocycles. The molecule has 0 N–H and O–H groups in total. The molecule has 0 saturated heterocycles. The van der Waals surface area contributed by atoms with Crippen LogP contribution in [-0.4, -0.2) is 19.0 Å². The fraction of sp³-hybridized carbons (Fsp3) is 0.143. The van der Waals surface area contributed by atoms with Crippen LogP contribution in [-0.2, 0) is 6.54 Å². The number of hydrogen-bond acceptors (Lipinski definition) is 1. The molecule has 0 aliphatic heterocycles. The Bertz CT molecular complexity index is 983. The van der Waals surface area contributed by atoms with Gasteiger partial charge in [0.15, 0.2) is 0 Å². The van der Waals surface area contributed by atoms with Crippen molar-refractivity contribution in [2.24, 2.45) is 0 Å². The second-order valence-electron chi connectivity index (χ2n) is 6.24. The van der Waals surface area contributed by atoms with E-state index in [1.807, 2.05) is 0 Å². The van der Waals surface area contributed by atoms with Crippen molar-refractivity contribution in [1.29, 1.82) is 0 Å². The van der Waals surface area contributed by atoms with Crippen LogP contribution in [0, 0.1) is 0 Å². The standard InChI is InChI=1S/C21H19N/c1-22(2)14-19-9-5-8-15-10-11-18-12-16-6-3-4-7-17(16)13-20(18)21(15)19/h3-13H,14H2,1-2H3. The number of hydrogen-bond donors (Lipinski definition) is 0. The van der Waals surface area contributed by atoms with E-state index in [-0.39, 0.29) is 0 Å². The summed E-state index contributed by atoms with van der Waals surface area (Å²) in [6.45, 7) is 0.962. The highest BCUT2D eigenvalue weighted by Crippen LogP contribution is 2.32. The summed E-state index contributed by atoms with van der Waals surface area (Å²) in [6, 6.07) is 24.3. The zero-order valence-electron chi connectivity index (χ0n) is 13.0. The van der Waals surface area contributed by atoms with Crippen molar-refractivity contribution in [3.8, 4) is 0 Å². The third-order valence-corrected chi connectivity index (χ3v) is 4.30. The number of rotatable bonds is 2. The van der Waals surface area contributed by atoms with E-state index in [2.05, 4.69) is 85.7 Å². The highest BCUT2D eigenvalue weighted by molar-refractivity contribution is 6.13. The van der Waals surface area contributed by atoms with Gasteiger partial charge in [-0.3, -0.25) is 0 Å². The number of benzene rings is 4. The van der Waals surface area contributed by atoms with Crippen LogP contribution in [0.5, 0.6) is 0 Å². The summed E-state index contributed by atoms with van der Waals surface area (Å²) in [5.41, 5.74) is 1.39. The fourth-order valence-electron chi connectivity index (χ4n) is 3.35. The largest absolute Gasteiger partial charge is 0.305 e. The molecule has 0 bridgehead atoms. The summed E-state index contributed by atoms with van der Waals surface area (Å²) < 4.78 is 0. The van der Waals surface area contributed by atoms with Gasteiger partial charge in [-0.1, -0.05) is 54.6 Å². The topological polar surface area (TPSA) is 3.24 Å². The molecule has 4 aromatic carbocycles. The highest BCUT2D eigenvalue weighted by atomic mass is 15.0. The first-order chi connectivity index (χ1) is 10.7. The third kappa shape index (κ3) is 2.15. The van der Waals surface area contributed by atoms with E-state index in [9.17, 15) is 0 Å². The van der Waals surface area contributed by atoms with Gasteiger partial charge in [-0.05, 0) is 64.1 Å². The molecule has 0 saturated carbocycles. The highest BCUT2D eigenvalue weighted by Gasteiger charge is 2.07. The Labute approximate surface area is 130 Å². The molecule has 0 aromatic heterocycles. The Hall–Kier alpha value is -2.38. The van der Waals surface area contributed by atoms with E-state index in [1.54, 1.807) is 0 Å². The maximum Gasteiger partial charge on any atom is 0.0234 e. The Morgan fingerprint density at radius 3 is 2.14 bits per heavy atom. The molecule has 22 heavy (non-hydrogen) atoms. The van der Waals surface area contributed by atoms with Crippen LogP contribution in [0.1, 0.15) is 5.56 Å². The summed E-state index contributed by atoms with van der Waals surface area (Å²) in [7, 11) is 4.25. The monoisotopic (exact) mass is 285 g/mol. The van der Waals surface area contributed by atoms with E-state index in [4.69, 9.17) is 0 Å². The average molecular weight is 285 g/mol. The molecular formula is C21H19N. The molecule has 0 aliphatic rings. The van der Waals surface area contributed by atoms with Crippen molar-refractivity contribution in [3.63, 3.8) is 0 Å². The molecule has 108 valence electrons. The maximum atomic E-state index is 2.34. The van der Waals surface area contributed by atoms with Crippen LogP contribution in [0.2, 0.25) is 0 Å². The van der Waals surface area contributed by atoms with Crippen molar-refractivity contribution in [2.75, 3.05) is 14.1 Å². The van der Waals surface area contributed by atoms with Gasteiger partial charge in [0.25, 0.3) is 0 Å². The first-order valence-electron chi connectivity index (χ1n) is 7.70. The molecule has 0 fully saturated rings. The zero-order chi connectivity index (χ0) is 15.1. The molecule has 0 unspecified atom stereocenters. The van der Waals surface area contributed by atoms with Crippen LogP contribution in [0.4, 0.5) is 0 Å². The molecule has 0 atom stereocenters. The summed E-state index contributed by atoms with van der Waals surface area (Å²) in [6.07, 6.45) is 0. The van der Waals surface area contributed by atoms with Crippen molar-refractivity contribution in [3.05, 3.63) is 72.3 Å². The lowest BCUT2D eigenvalue weighted by Crippen LogP contribution is -2.10. The molecule has 4 rings (SSSR count). The quantitative estimate of drug-likeness (QED) is 0.361. The third-order valence-electron chi connectivity index (χ3n) is 4.30. The minimum absolute atomic E-state index is 0.962. The first kappa shape index (κ1) is 13.3. The molecular weight excluding hydrogens is 266 g/mol. The van der Waals surface area contributed by atoms with E-state index < -0.39 is 0 Å². The van der Waals surface area contributed by atoms with Gasteiger partial charge in [0.05, 0.1) is 0 Å². The van der Waals surface area contributed by atoms with Gasteiger partial charge in [0.2, 0.25) is 0 Å². The summed E-state index contributed by atoms with van der Waals surface area (Å²) in [4.78, 5) is 2.23. The van der Waals surface area contributed by atoms with Crippen molar-refractivity contribution >= 4 is 32.3 Å². The van der Waals surface area contributed by atoms with Gasteiger partial charge in [-0.15, -0.1) is 0 Å². The molecule has 0 heterocycles. The van der Waals surface area contributed by atoms with E-state index in [0.717, 1.165) is 6.54 Å². The minimum atomic E-state index is 0.962. The lowest BCUT2D eigenvalue weighted by Gasteiger charge is -2.14. The summed E-state index contributed by atoms with van der Waals surface area (Å²) in [5.74, 6) is 0. The van der Waals surface area contributed by atoms with Crippen LogP contribution in [0.15, 0.2) is 66.7 Å². The molecule has 0 amide bonds. The fourth-order valence-corrected chi connectivity index (χ4v) is 3.35. The van der Waals surface area contributed by atoms with E-state index >= 15 is 0 Å². The Morgan fingerprint density at radius 1 is 0.682 bits per heavy atom. The van der Waals surface area contributed by atoms with Gasteiger partial charge in [0, 0.05) is 6.54 Å². The van der Waals surface area contributed by atoms with E-state index in [0.29, 0.717) is 0 Å². The molecule has 1 heteroatoms. The molecule has 0 spiro atoms. The lowest BCUT2D eigenvalue weighted by molar-refractivity contribution is 0.404. The number of nitrogens with zero attached hydrogens (tertiary/aromatic N) is 1. The Morgan fingerprint density at radius 2 is 1.36 bits per heavy atom. The Kier molecular flexibility index (Phi) is 3.09. The SMILES string of the molecule is CN(C)Cc1cccc2ccc3cc4ccccc4cc3c12. The smallest absolute Gasteiger partial charge is 0.0234 e. The zero-order valence-corrected chi connectivity index (χ0v) is 13.0. The van der Waals surface area contributed by atoms with E-state index in [1.165, 1.54) is 37.9 Å². The van der Waals surface area contributed by atoms with Gasteiger partial charge >= 0.3 is 0 Å². The summed E-state index contributed by atoms with van der Waals surface area (Å²) in [5, 5.41) is 7.99. The van der Waals surface area contributed by atoms with Gasteiger partial charge < -0.3 is 4.90 Å². The second kappa shape index (κ2) is 5.11. The normalized spacial score (nSPS) is 11.8. The Balaban J connectivity index is 2.14.